The highest BCUT2D eigenvalue weighted by Gasteiger charge is 2.13. The van der Waals surface area contributed by atoms with Gasteiger partial charge in [-0.3, -0.25) is 4.98 Å². The number of allylic oxidation sites excluding steroid dienone is 4. The zero-order valence-corrected chi connectivity index (χ0v) is 18.8. The van der Waals surface area contributed by atoms with Gasteiger partial charge in [0.05, 0.1) is 5.69 Å². The molecule has 0 unspecified atom stereocenters. The maximum Gasteiger partial charge on any atom is 0.0661 e. The van der Waals surface area contributed by atoms with Crippen LogP contribution in [0.5, 0.6) is 0 Å². The zero-order valence-electron chi connectivity index (χ0n) is 18.8. The first-order valence-corrected chi connectivity index (χ1v) is 11.6. The normalized spacial score (nSPS) is 13.7. The number of aryl methyl sites for hydroxylation is 1. The molecule has 1 nitrogen and oxygen atoms in total. The zero-order chi connectivity index (χ0) is 22.2. The van der Waals surface area contributed by atoms with Crippen LogP contribution in [0.4, 0.5) is 0 Å². The van der Waals surface area contributed by atoms with Gasteiger partial charge in [0.25, 0.3) is 0 Å². The Hall–Kier alpha value is -3.97. The maximum absolute atomic E-state index is 4.52. The average Bonchev–Trinajstić information content (AvgIpc) is 2.87. The van der Waals surface area contributed by atoms with E-state index in [0.29, 0.717) is 0 Å². The van der Waals surface area contributed by atoms with Gasteiger partial charge in [0.2, 0.25) is 0 Å². The number of hydrogen-bond donors (Lipinski definition) is 0. The van der Waals surface area contributed by atoms with Crippen molar-refractivity contribution < 1.29 is 0 Å². The van der Waals surface area contributed by atoms with Gasteiger partial charge in [-0.15, -0.1) is 0 Å². The molecule has 0 saturated heterocycles. The van der Waals surface area contributed by atoms with Crippen LogP contribution in [0.25, 0.3) is 43.8 Å². The summed E-state index contributed by atoms with van der Waals surface area (Å²) in [5, 5.41) is 5.17. The monoisotopic (exact) mass is 423 g/mol. The molecule has 0 fully saturated rings. The van der Waals surface area contributed by atoms with Gasteiger partial charge in [-0.05, 0) is 105 Å². The van der Waals surface area contributed by atoms with Crippen molar-refractivity contribution in [2.75, 3.05) is 0 Å². The van der Waals surface area contributed by atoms with E-state index in [-0.39, 0.29) is 0 Å². The summed E-state index contributed by atoms with van der Waals surface area (Å²) in [7, 11) is 0. The molecule has 1 aromatic heterocycles. The van der Waals surface area contributed by atoms with Gasteiger partial charge < -0.3 is 0 Å². The number of benzene rings is 4. The molecule has 0 amide bonds. The molecule has 0 aliphatic heterocycles. The van der Waals surface area contributed by atoms with Crippen molar-refractivity contribution in [2.24, 2.45) is 0 Å². The van der Waals surface area contributed by atoms with Crippen molar-refractivity contribution in [3.8, 4) is 11.1 Å². The predicted octanol–water partition coefficient (Wildman–Crippen LogP) is 8.62. The Morgan fingerprint density at radius 3 is 2.12 bits per heavy atom. The van der Waals surface area contributed by atoms with Crippen LogP contribution in [0.1, 0.15) is 29.7 Å². The van der Waals surface area contributed by atoms with Crippen molar-refractivity contribution in [3.05, 3.63) is 126 Å². The van der Waals surface area contributed by atoms with Gasteiger partial charge in [0.15, 0.2) is 0 Å². The van der Waals surface area contributed by atoms with Crippen LogP contribution in [-0.2, 0) is 0 Å². The first-order chi connectivity index (χ1) is 16.2. The summed E-state index contributed by atoms with van der Waals surface area (Å²) in [4.78, 5) is 4.52. The summed E-state index contributed by atoms with van der Waals surface area (Å²) in [6.45, 7) is 2.20. The van der Waals surface area contributed by atoms with E-state index in [4.69, 9.17) is 0 Å². The largest absolute Gasteiger partial charge is 0.257 e. The second-order valence-electron chi connectivity index (χ2n) is 8.91. The fourth-order valence-corrected chi connectivity index (χ4v) is 4.99. The van der Waals surface area contributed by atoms with Crippen LogP contribution in [0.3, 0.4) is 0 Å². The van der Waals surface area contributed by atoms with Crippen molar-refractivity contribution in [1.82, 2.24) is 4.98 Å². The molecule has 158 valence electrons. The summed E-state index contributed by atoms with van der Waals surface area (Å²) in [5.41, 5.74) is 8.98. The molecule has 1 heteroatoms. The number of pyridine rings is 1. The number of hydrogen-bond acceptors (Lipinski definition) is 1. The molecule has 0 N–H and O–H groups in total. The van der Waals surface area contributed by atoms with Crippen LogP contribution < -0.4 is 0 Å². The number of aromatic nitrogens is 1. The van der Waals surface area contributed by atoms with E-state index >= 15 is 0 Å². The van der Waals surface area contributed by atoms with Crippen LogP contribution in [0.2, 0.25) is 0 Å². The van der Waals surface area contributed by atoms with E-state index < -0.39 is 0 Å². The minimum Gasteiger partial charge on any atom is -0.257 e. The molecule has 1 aliphatic carbocycles. The number of nitrogens with zero attached hydrogens (tertiary/aromatic N) is 1. The number of rotatable bonds is 3. The van der Waals surface area contributed by atoms with Crippen molar-refractivity contribution >= 4 is 32.7 Å². The molecule has 0 saturated carbocycles. The Kier molecular flexibility index (Phi) is 4.88. The summed E-state index contributed by atoms with van der Waals surface area (Å²) < 4.78 is 0. The van der Waals surface area contributed by atoms with Gasteiger partial charge in [-0.1, -0.05) is 72.8 Å². The van der Waals surface area contributed by atoms with Gasteiger partial charge >= 0.3 is 0 Å². The van der Waals surface area contributed by atoms with Crippen LogP contribution in [-0.4, -0.2) is 4.98 Å². The van der Waals surface area contributed by atoms with Crippen molar-refractivity contribution in [2.45, 2.75) is 19.8 Å². The van der Waals surface area contributed by atoms with E-state index in [1.165, 1.54) is 54.9 Å². The summed E-state index contributed by atoms with van der Waals surface area (Å²) >= 11 is 0. The van der Waals surface area contributed by atoms with Crippen molar-refractivity contribution in [1.29, 1.82) is 0 Å². The first kappa shape index (κ1) is 19.7. The van der Waals surface area contributed by atoms with Crippen LogP contribution >= 0.6 is 0 Å². The lowest BCUT2D eigenvalue weighted by atomic mass is 9.88. The smallest absolute Gasteiger partial charge is 0.0661 e. The molecule has 0 bridgehead atoms. The third kappa shape index (κ3) is 3.76. The summed E-state index contributed by atoms with van der Waals surface area (Å²) in [6.07, 6.45) is 8.45. The van der Waals surface area contributed by atoms with Gasteiger partial charge in [-0.25, -0.2) is 0 Å². The van der Waals surface area contributed by atoms with Gasteiger partial charge in [-0.2, -0.15) is 0 Å². The molecule has 4 aromatic carbocycles. The van der Waals surface area contributed by atoms with E-state index in [1.54, 1.807) is 0 Å². The molecule has 1 aliphatic rings. The molecule has 6 rings (SSSR count). The Morgan fingerprint density at radius 2 is 1.33 bits per heavy atom. The lowest BCUT2D eigenvalue weighted by molar-refractivity contribution is 1.05. The lowest BCUT2D eigenvalue weighted by Crippen LogP contribution is -1.96. The van der Waals surface area contributed by atoms with Gasteiger partial charge in [0, 0.05) is 6.20 Å². The number of fused-ring (bicyclic) bond motifs is 2. The van der Waals surface area contributed by atoms with Crippen molar-refractivity contribution in [3.63, 3.8) is 0 Å². The van der Waals surface area contributed by atoms with Gasteiger partial charge in [0.1, 0.15) is 0 Å². The lowest BCUT2D eigenvalue weighted by Gasteiger charge is -2.17. The second-order valence-corrected chi connectivity index (χ2v) is 8.91. The minimum absolute atomic E-state index is 1.02. The van der Waals surface area contributed by atoms with Crippen LogP contribution in [0, 0.1) is 6.92 Å². The standard InChI is InChI=1S/C32H25N/c1-22-17-28(23-12-14-24(15-13-23)32-11-4-5-16-33-32)20-29(18-22)30-10-6-9-27-19-25-7-2-3-8-26(25)21-31(27)30/h2-12,14,16-21H,13,15H2,1H3. The average molecular weight is 424 g/mol. The molecular weight excluding hydrogens is 398 g/mol. The molecular formula is C32H25N. The van der Waals surface area contributed by atoms with E-state index in [1.807, 2.05) is 12.3 Å². The third-order valence-corrected chi connectivity index (χ3v) is 6.65. The molecule has 0 atom stereocenters. The third-order valence-electron chi connectivity index (χ3n) is 6.65. The molecule has 0 radical (unpaired) electrons. The Bertz CT molecular complexity index is 1550. The topological polar surface area (TPSA) is 12.9 Å². The Morgan fingerprint density at radius 1 is 0.606 bits per heavy atom. The Balaban J connectivity index is 1.44. The second kappa shape index (κ2) is 8.18. The minimum atomic E-state index is 1.02. The Labute approximate surface area is 194 Å². The fourth-order valence-electron chi connectivity index (χ4n) is 4.99. The quantitative estimate of drug-likeness (QED) is 0.265. The highest BCUT2D eigenvalue weighted by molar-refractivity contribution is 6.05. The summed E-state index contributed by atoms with van der Waals surface area (Å²) in [5.74, 6) is 0. The van der Waals surface area contributed by atoms with Crippen LogP contribution in [0.15, 0.2) is 109 Å². The molecule has 33 heavy (non-hydrogen) atoms. The maximum atomic E-state index is 4.52. The highest BCUT2D eigenvalue weighted by Crippen LogP contribution is 2.36. The first-order valence-electron chi connectivity index (χ1n) is 11.6. The van der Waals surface area contributed by atoms with E-state index in [2.05, 4.69) is 109 Å². The highest BCUT2D eigenvalue weighted by atomic mass is 14.7. The molecule has 0 spiro atoms. The predicted molar refractivity (Wildman–Crippen MR) is 141 cm³/mol. The summed E-state index contributed by atoms with van der Waals surface area (Å²) in [6, 6.07) is 33.0. The molecule has 1 heterocycles. The fraction of sp³-hybridized carbons (Fsp3) is 0.0938. The van der Waals surface area contributed by atoms with E-state index in [9.17, 15) is 0 Å². The van der Waals surface area contributed by atoms with E-state index in [0.717, 1.165) is 18.5 Å². The molecule has 5 aromatic rings. The SMILES string of the molecule is Cc1cc(C2=CC=C(c3ccccn3)CC2)cc(-c2cccc3cc4ccccc4cc23)c1.